The van der Waals surface area contributed by atoms with E-state index in [0.717, 1.165) is 11.0 Å². The third-order valence-electron chi connectivity index (χ3n) is 2.48. The van der Waals surface area contributed by atoms with Crippen molar-refractivity contribution in [1.29, 1.82) is 0 Å². The van der Waals surface area contributed by atoms with Crippen LogP contribution in [0.2, 0.25) is 0 Å². The standard InChI is InChI=1S/C11H7N3O2/c15-11(16)7-1-2-10-9(3-7)13-5-8-4-12-6-14(8)10/h1-6H,(H,15,16). The molecule has 1 aromatic carbocycles. The van der Waals surface area contributed by atoms with Crippen LogP contribution in [-0.2, 0) is 0 Å². The number of hydrogen-bond acceptors (Lipinski definition) is 3. The third-order valence-corrected chi connectivity index (χ3v) is 2.48. The van der Waals surface area contributed by atoms with Gasteiger partial charge in [0.25, 0.3) is 0 Å². The molecule has 3 rings (SSSR count). The Morgan fingerprint density at radius 3 is 3.00 bits per heavy atom. The van der Waals surface area contributed by atoms with Crippen LogP contribution in [0.4, 0.5) is 0 Å². The van der Waals surface area contributed by atoms with Crippen molar-refractivity contribution in [3.8, 4) is 0 Å². The molecule has 0 fully saturated rings. The smallest absolute Gasteiger partial charge is 0.335 e. The molecule has 2 heterocycles. The first-order valence-corrected chi connectivity index (χ1v) is 4.70. The number of nitrogens with zero attached hydrogens (tertiary/aromatic N) is 3. The van der Waals surface area contributed by atoms with E-state index in [9.17, 15) is 4.79 Å². The maximum atomic E-state index is 10.8. The van der Waals surface area contributed by atoms with Crippen LogP contribution in [0.3, 0.4) is 0 Å². The van der Waals surface area contributed by atoms with Crippen molar-refractivity contribution in [2.24, 2.45) is 0 Å². The topological polar surface area (TPSA) is 67.5 Å². The van der Waals surface area contributed by atoms with Crippen LogP contribution in [0.1, 0.15) is 10.4 Å². The molecular formula is C11H7N3O2. The number of fused-ring (bicyclic) bond motifs is 3. The van der Waals surface area contributed by atoms with Gasteiger partial charge in [0, 0.05) is 0 Å². The molecule has 0 aliphatic heterocycles. The van der Waals surface area contributed by atoms with E-state index in [1.807, 2.05) is 4.40 Å². The minimum Gasteiger partial charge on any atom is -0.478 e. The van der Waals surface area contributed by atoms with Crippen molar-refractivity contribution in [2.75, 3.05) is 0 Å². The van der Waals surface area contributed by atoms with E-state index in [-0.39, 0.29) is 5.56 Å². The molecule has 0 aliphatic carbocycles. The molecule has 0 radical (unpaired) electrons. The van der Waals surface area contributed by atoms with Crippen molar-refractivity contribution < 1.29 is 9.90 Å². The molecule has 5 nitrogen and oxygen atoms in total. The van der Waals surface area contributed by atoms with Gasteiger partial charge in [0.1, 0.15) is 0 Å². The number of imidazole rings is 1. The van der Waals surface area contributed by atoms with Crippen molar-refractivity contribution in [2.45, 2.75) is 0 Å². The first-order chi connectivity index (χ1) is 7.75. The first kappa shape index (κ1) is 8.84. The number of rotatable bonds is 1. The van der Waals surface area contributed by atoms with Crippen molar-refractivity contribution >= 4 is 22.5 Å². The number of carboxylic acids is 1. The maximum absolute atomic E-state index is 10.8. The van der Waals surface area contributed by atoms with Crippen molar-refractivity contribution in [3.05, 3.63) is 42.5 Å². The van der Waals surface area contributed by atoms with Crippen LogP contribution in [0.15, 0.2) is 36.9 Å². The van der Waals surface area contributed by atoms with Gasteiger partial charge >= 0.3 is 5.97 Å². The van der Waals surface area contributed by atoms with E-state index < -0.39 is 5.97 Å². The highest BCUT2D eigenvalue weighted by atomic mass is 16.4. The van der Waals surface area contributed by atoms with Crippen LogP contribution < -0.4 is 0 Å². The lowest BCUT2D eigenvalue weighted by Gasteiger charge is -2.02. The van der Waals surface area contributed by atoms with Crippen LogP contribution in [-0.4, -0.2) is 25.4 Å². The van der Waals surface area contributed by atoms with E-state index in [1.165, 1.54) is 0 Å². The van der Waals surface area contributed by atoms with E-state index in [4.69, 9.17) is 5.11 Å². The summed E-state index contributed by atoms with van der Waals surface area (Å²) in [5.74, 6) is -0.950. The summed E-state index contributed by atoms with van der Waals surface area (Å²) in [7, 11) is 0. The molecule has 0 unspecified atom stereocenters. The zero-order valence-electron chi connectivity index (χ0n) is 8.16. The van der Waals surface area contributed by atoms with Crippen molar-refractivity contribution in [1.82, 2.24) is 14.4 Å². The Hall–Kier alpha value is -2.43. The molecule has 0 aliphatic rings. The second-order valence-corrected chi connectivity index (χ2v) is 3.46. The van der Waals surface area contributed by atoms with Crippen molar-refractivity contribution in [3.63, 3.8) is 0 Å². The summed E-state index contributed by atoms with van der Waals surface area (Å²) in [6.07, 6.45) is 5.05. The highest BCUT2D eigenvalue weighted by Crippen LogP contribution is 2.15. The van der Waals surface area contributed by atoms with E-state index in [2.05, 4.69) is 9.97 Å². The average molecular weight is 213 g/mol. The Balaban J connectivity index is 2.41. The Kier molecular flexibility index (Phi) is 1.67. The van der Waals surface area contributed by atoms with Gasteiger partial charge in [-0.15, -0.1) is 0 Å². The molecule has 0 bridgehead atoms. The van der Waals surface area contributed by atoms with Gasteiger partial charge in [-0.3, -0.25) is 9.38 Å². The summed E-state index contributed by atoms with van der Waals surface area (Å²) in [5.41, 5.74) is 2.61. The van der Waals surface area contributed by atoms with Gasteiger partial charge in [-0.1, -0.05) is 0 Å². The molecular weight excluding hydrogens is 206 g/mol. The van der Waals surface area contributed by atoms with Crippen LogP contribution in [0, 0.1) is 0 Å². The fourth-order valence-corrected chi connectivity index (χ4v) is 1.70. The third kappa shape index (κ3) is 1.15. The summed E-state index contributed by atoms with van der Waals surface area (Å²) in [6.45, 7) is 0. The van der Waals surface area contributed by atoms with Crippen LogP contribution in [0.25, 0.3) is 16.6 Å². The Labute approximate surface area is 90.0 Å². The van der Waals surface area contributed by atoms with E-state index in [0.29, 0.717) is 5.52 Å². The molecule has 0 spiro atoms. The monoisotopic (exact) mass is 213 g/mol. The minimum absolute atomic E-state index is 0.236. The maximum Gasteiger partial charge on any atom is 0.335 e. The Morgan fingerprint density at radius 1 is 1.31 bits per heavy atom. The number of carboxylic acid groups (broad SMARTS) is 1. The Morgan fingerprint density at radius 2 is 2.19 bits per heavy atom. The Bertz CT molecular complexity index is 703. The fourth-order valence-electron chi connectivity index (χ4n) is 1.70. The molecule has 0 atom stereocenters. The normalized spacial score (nSPS) is 11.0. The molecule has 2 aromatic heterocycles. The fraction of sp³-hybridized carbons (Fsp3) is 0. The molecule has 5 heteroatoms. The lowest BCUT2D eigenvalue weighted by Crippen LogP contribution is -1.97. The number of carbonyl (C=O) groups is 1. The highest BCUT2D eigenvalue weighted by Gasteiger charge is 2.06. The van der Waals surface area contributed by atoms with Gasteiger partial charge in [0.15, 0.2) is 0 Å². The zero-order chi connectivity index (χ0) is 11.1. The SMILES string of the molecule is O=C(O)c1ccc2c(c1)ncc1cncn12. The predicted octanol–water partition coefficient (Wildman–Crippen LogP) is 1.58. The van der Waals surface area contributed by atoms with E-state index >= 15 is 0 Å². The summed E-state index contributed by atoms with van der Waals surface area (Å²) >= 11 is 0. The average Bonchev–Trinajstić information content (AvgIpc) is 2.76. The number of aromatic nitrogens is 3. The first-order valence-electron chi connectivity index (χ1n) is 4.70. The van der Waals surface area contributed by atoms with Gasteiger partial charge in [-0.25, -0.2) is 9.78 Å². The summed E-state index contributed by atoms with van der Waals surface area (Å²) in [6, 6.07) is 4.85. The van der Waals surface area contributed by atoms with Gasteiger partial charge in [0.05, 0.1) is 40.8 Å². The molecule has 3 aromatic rings. The summed E-state index contributed by atoms with van der Waals surface area (Å²) < 4.78 is 1.87. The molecule has 0 saturated carbocycles. The van der Waals surface area contributed by atoms with Gasteiger partial charge in [0.2, 0.25) is 0 Å². The number of benzene rings is 1. The molecule has 1 N–H and O–H groups in total. The predicted molar refractivity (Wildman–Crippen MR) is 57.5 cm³/mol. The highest BCUT2D eigenvalue weighted by molar-refractivity contribution is 5.92. The van der Waals surface area contributed by atoms with Crippen LogP contribution in [0.5, 0.6) is 0 Å². The zero-order valence-corrected chi connectivity index (χ0v) is 8.16. The molecule has 0 amide bonds. The summed E-state index contributed by atoms with van der Waals surface area (Å²) in [4.78, 5) is 19.0. The molecule has 16 heavy (non-hydrogen) atoms. The molecule has 0 saturated heterocycles. The van der Waals surface area contributed by atoms with E-state index in [1.54, 1.807) is 36.9 Å². The summed E-state index contributed by atoms with van der Waals surface area (Å²) in [5, 5.41) is 8.87. The quantitative estimate of drug-likeness (QED) is 0.666. The molecule has 78 valence electrons. The number of aromatic carboxylic acids is 1. The second-order valence-electron chi connectivity index (χ2n) is 3.46. The van der Waals surface area contributed by atoms with Gasteiger partial charge in [-0.2, -0.15) is 0 Å². The number of hydrogen-bond donors (Lipinski definition) is 1. The van der Waals surface area contributed by atoms with Crippen LogP contribution >= 0.6 is 0 Å². The largest absolute Gasteiger partial charge is 0.478 e. The van der Waals surface area contributed by atoms with Gasteiger partial charge < -0.3 is 5.11 Å². The lowest BCUT2D eigenvalue weighted by molar-refractivity contribution is 0.0697. The lowest BCUT2D eigenvalue weighted by atomic mass is 10.2. The minimum atomic E-state index is -0.950. The van der Waals surface area contributed by atoms with Gasteiger partial charge in [-0.05, 0) is 18.2 Å². The second kappa shape index (κ2) is 3.03.